The third kappa shape index (κ3) is 3.13. The van der Waals surface area contributed by atoms with Crippen molar-refractivity contribution < 1.29 is 13.5 Å². The van der Waals surface area contributed by atoms with E-state index in [2.05, 4.69) is 9.97 Å². The molecule has 3 rings (SSSR count). The Labute approximate surface area is 125 Å². The van der Waals surface area contributed by atoms with Gasteiger partial charge in [0.05, 0.1) is 12.0 Å². The van der Waals surface area contributed by atoms with E-state index in [0.717, 1.165) is 23.1 Å². The van der Waals surface area contributed by atoms with Gasteiger partial charge in [-0.05, 0) is 31.2 Å². The van der Waals surface area contributed by atoms with Crippen molar-refractivity contribution in [2.24, 2.45) is 0 Å². The largest absolute Gasteiger partial charge is 0.383 e. The van der Waals surface area contributed by atoms with E-state index >= 15 is 0 Å². The smallest absolute Gasteiger partial charge is 0.261 e. The van der Waals surface area contributed by atoms with Gasteiger partial charge in [-0.2, -0.15) is 0 Å². The van der Waals surface area contributed by atoms with E-state index in [4.69, 9.17) is 10.5 Å². The van der Waals surface area contributed by atoms with Crippen molar-refractivity contribution in [3.8, 4) is 0 Å². The standard InChI is InChI=1S/C14H17F2N3OS/c15-10(16)7-20-6-5-11-18-13(17)12-8-3-1-2-4-9(8)21-14(12)19-11/h10H,1-7H2,(H2,17,18,19). The lowest BCUT2D eigenvalue weighted by Gasteiger charge is -2.10. The number of alkyl halides is 2. The predicted octanol–water partition coefficient (Wildman–Crippen LogP) is 2.98. The molecule has 0 saturated heterocycles. The molecule has 0 aromatic carbocycles. The van der Waals surface area contributed by atoms with Gasteiger partial charge in [0.2, 0.25) is 0 Å². The fourth-order valence-electron chi connectivity index (χ4n) is 2.68. The second kappa shape index (κ2) is 6.19. The number of fused-ring (bicyclic) bond motifs is 3. The molecule has 2 aromatic rings. The van der Waals surface area contributed by atoms with Crippen LogP contribution in [-0.2, 0) is 24.0 Å². The van der Waals surface area contributed by atoms with Crippen LogP contribution in [0, 0.1) is 0 Å². The lowest BCUT2D eigenvalue weighted by Crippen LogP contribution is -2.09. The molecule has 0 atom stereocenters. The summed E-state index contributed by atoms with van der Waals surface area (Å²) in [7, 11) is 0. The number of thiophene rings is 1. The maximum atomic E-state index is 12.0. The molecule has 2 aromatic heterocycles. The van der Waals surface area contributed by atoms with E-state index in [-0.39, 0.29) is 6.61 Å². The quantitative estimate of drug-likeness (QED) is 0.862. The summed E-state index contributed by atoms with van der Waals surface area (Å²) in [6, 6.07) is 0. The van der Waals surface area contributed by atoms with Crippen LogP contribution in [0.15, 0.2) is 0 Å². The predicted molar refractivity (Wildman–Crippen MR) is 79.0 cm³/mol. The van der Waals surface area contributed by atoms with Crippen LogP contribution in [0.5, 0.6) is 0 Å². The first-order chi connectivity index (χ1) is 10.1. The highest BCUT2D eigenvalue weighted by Crippen LogP contribution is 2.37. The van der Waals surface area contributed by atoms with Gasteiger partial charge in [-0.15, -0.1) is 11.3 Å². The summed E-state index contributed by atoms with van der Waals surface area (Å²) in [5.41, 5.74) is 7.38. The van der Waals surface area contributed by atoms with Crippen LogP contribution in [-0.4, -0.2) is 29.6 Å². The highest BCUT2D eigenvalue weighted by molar-refractivity contribution is 7.19. The minimum atomic E-state index is -2.44. The molecule has 21 heavy (non-hydrogen) atoms. The Hall–Kier alpha value is -1.34. The fraction of sp³-hybridized carbons (Fsp3) is 0.571. The lowest BCUT2D eigenvalue weighted by molar-refractivity contribution is 0.0183. The number of aromatic nitrogens is 2. The van der Waals surface area contributed by atoms with Crippen LogP contribution in [0.2, 0.25) is 0 Å². The Bertz CT molecular complexity index is 645. The van der Waals surface area contributed by atoms with Crippen molar-refractivity contribution >= 4 is 27.4 Å². The number of ether oxygens (including phenoxy) is 1. The van der Waals surface area contributed by atoms with E-state index in [1.54, 1.807) is 11.3 Å². The molecule has 0 bridgehead atoms. The number of hydrogen-bond acceptors (Lipinski definition) is 5. The summed E-state index contributed by atoms with van der Waals surface area (Å²) in [5, 5.41) is 0.993. The van der Waals surface area contributed by atoms with Crippen LogP contribution in [0.4, 0.5) is 14.6 Å². The van der Waals surface area contributed by atoms with Crippen molar-refractivity contribution in [3.63, 3.8) is 0 Å². The Balaban J connectivity index is 1.79. The summed E-state index contributed by atoms with van der Waals surface area (Å²) >= 11 is 1.68. The summed E-state index contributed by atoms with van der Waals surface area (Å²) in [6.07, 6.45) is 2.48. The number of hydrogen-bond donors (Lipinski definition) is 1. The highest BCUT2D eigenvalue weighted by atomic mass is 32.1. The molecular weight excluding hydrogens is 296 g/mol. The Morgan fingerprint density at radius 1 is 1.24 bits per heavy atom. The Morgan fingerprint density at radius 3 is 2.86 bits per heavy atom. The first kappa shape index (κ1) is 14.6. The molecule has 0 radical (unpaired) electrons. The zero-order valence-corrected chi connectivity index (χ0v) is 12.4. The molecule has 0 aliphatic heterocycles. The molecule has 0 spiro atoms. The van der Waals surface area contributed by atoms with Gasteiger partial charge in [0.15, 0.2) is 0 Å². The first-order valence-electron chi connectivity index (χ1n) is 7.07. The van der Waals surface area contributed by atoms with Gasteiger partial charge in [-0.1, -0.05) is 0 Å². The monoisotopic (exact) mass is 313 g/mol. The molecule has 0 amide bonds. The summed E-state index contributed by atoms with van der Waals surface area (Å²) in [6.45, 7) is -0.370. The number of nitrogens with two attached hydrogens (primary N) is 1. The maximum absolute atomic E-state index is 12.0. The van der Waals surface area contributed by atoms with Gasteiger partial charge >= 0.3 is 0 Å². The average molecular weight is 313 g/mol. The summed E-state index contributed by atoms with van der Waals surface area (Å²) < 4.78 is 28.8. The first-order valence-corrected chi connectivity index (χ1v) is 7.89. The van der Waals surface area contributed by atoms with Crippen molar-refractivity contribution in [2.45, 2.75) is 38.5 Å². The molecule has 2 heterocycles. The van der Waals surface area contributed by atoms with Crippen LogP contribution < -0.4 is 5.73 Å². The van der Waals surface area contributed by atoms with E-state index < -0.39 is 13.0 Å². The summed E-state index contributed by atoms with van der Waals surface area (Å²) in [4.78, 5) is 11.1. The zero-order chi connectivity index (χ0) is 14.8. The zero-order valence-electron chi connectivity index (χ0n) is 11.6. The minimum Gasteiger partial charge on any atom is -0.383 e. The summed E-state index contributed by atoms with van der Waals surface area (Å²) in [5.74, 6) is 1.07. The van der Waals surface area contributed by atoms with E-state index in [0.29, 0.717) is 18.1 Å². The third-order valence-corrected chi connectivity index (χ3v) is 4.79. The average Bonchev–Trinajstić information content (AvgIpc) is 2.82. The highest BCUT2D eigenvalue weighted by Gasteiger charge is 2.19. The van der Waals surface area contributed by atoms with E-state index in [9.17, 15) is 8.78 Å². The number of anilines is 1. The SMILES string of the molecule is Nc1nc(CCOCC(F)F)nc2sc3c(c12)CCCC3. The molecule has 7 heteroatoms. The normalized spacial score (nSPS) is 14.8. The van der Waals surface area contributed by atoms with E-state index in [1.807, 2.05) is 0 Å². The van der Waals surface area contributed by atoms with Gasteiger partial charge in [0.1, 0.15) is 23.1 Å². The molecule has 0 saturated carbocycles. The van der Waals surface area contributed by atoms with Crippen LogP contribution in [0.3, 0.4) is 0 Å². The van der Waals surface area contributed by atoms with Crippen molar-refractivity contribution in [1.29, 1.82) is 0 Å². The number of halogens is 2. The minimum absolute atomic E-state index is 0.181. The molecule has 2 N–H and O–H groups in total. The van der Waals surface area contributed by atoms with Gasteiger partial charge in [0, 0.05) is 11.3 Å². The topological polar surface area (TPSA) is 61.0 Å². The second-order valence-corrected chi connectivity index (χ2v) is 6.22. The fourth-order valence-corrected chi connectivity index (χ4v) is 3.97. The molecule has 1 aliphatic rings. The number of rotatable bonds is 5. The molecule has 0 unspecified atom stereocenters. The number of nitrogen functional groups attached to an aromatic ring is 1. The second-order valence-electron chi connectivity index (χ2n) is 5.13. The Kier molecular flexibility index (Phi) is 4.30. The van der Waals surface area contributed by atoms with Gasteiger partial charge < -0.3 is 10.5 Å². The van der Waals surface area contributed by atoms with Crippen LogP contribution >= 0.6 is 11.3 Å². The molecule has 1 aliphatic carbocycles. The van der Waals surface area contributed by atoms with Crippen LogP contribution in [0.25, 0.3) is 10.2 Å². The van der Waals surface area contributed by atoms with Crippen molar-refractivity contribution in [2.75, 3.05) is 18.9 Å². The maximum Gasteiger partial charge on any atom is 0.261 e. The Morgan fingerprint density at radius 2 is 2.05 bits per heavy atom. The molecule has 4 nitrogen and oxygen atoms in total. The lowest BCUT2D eigenvalue weighted by atomic mass is 9.97. The molecule has 0 fully saturated rings. The van der Waals surface area contributed by atoms with Gasteiger partial charge in [-0.3, -0.25) is 0 Å². The van der Waals surface area contributed by atoms with Gasteiger partial charge in [0.25, 0.3) is 6.43 Å². The molecular formula is C14H17F2N3OS. The van der Waals surface area contributed by atoms with Crippen molar-refractivity contribution in [1.82, 2.24) is 9.97 Å². The molecule has 114 valence electrons. The van der Waals surface area contributed by atoms with Crippen LogP contribution in [0.1, 0.15) is 29.1 Å². The van der Waals surface area contributed by atoms with Crippen molar-refractivity contribution in [3.05, 3.63) is 16.3 Å². The third-order valence-electron chi connectivity index (χ3n) is 3.60. The number of nitrogens with zero attached hydrogens (tertiary/aromatic N) is 2. The number of aryl methyl sites for hydroxylation is 2. The van der Waals surface area contributed by atoms with Gasteiger partial charge in [-0.25, -0.2) is 18.7 Å². The van der Waals surface area contributed by atoms with E-state index in [1.165, 1.54) is 23.3 Å².